The Morgan fingerprint density at radius 1 is 1.12 bits per heavy atom. The minimum Gasteiger partial charge on any atom is -0.479 e. The summed E-state index contributed by atoms with van der Waals surface area (Å²) >= 11 is 7.52. The summed E-state index contributed by atoms with van der Waals surface area (Å²) in [5.74, 6) is -1.61. The first kappa shape index (κ1) is 29.7. The lowest BCUT2D eigenvalue weighted by Crippen LogP contribution is -2.55. The molecule has 6 rings (SSSR count). The number of carboxylic acids is 1. The van der Waals surface area contributed by atoms with Gasteiger partial charge < -0.3 is 25.4 Å². The quantitative estimate of drug-likeness (QED) is 0.332. The van der Waals surface area contributed by atoms with Crippen LogP contribution in [0.15, 0.2) is 48.5 Å². The van der Waals surface area contributed by atoms with Crippen LogP contribution in [0.1, 0.15) is 58.3 Å². The zero-order valence-electron chi connectivity index (χ0n) is 24.1. The first-order valence-electron chi connectivity index (χ1n) is 15.1. The Balaban J connectivity index is 1.29. The predicted molar refractivity (Wildman–Crippen MR) is 166 cm³/mol. The van der Waals surface area contributed by atoms with Gasteiger partial charge in [0.2, 0.25) is 11.8 Å². The van der Waals surface area contributed by atoms with Crippen LogP contribution in [-0.2, 0) is 14.4 Å². The maximum absolute atomic E-state index is 14.3. The molecule has 1 saturated carbocycles. The minimum atomic E-state index is -1.29. The van der Waals surface area contributed by atoms with Crippen molar-refractivity contribution in [2.45, 2.75) is 82.0 Å². The van der Waals surface area contributed by atoms with E-state index in [2.05, 4.69) is 22.5 Å². The van der Waals surface area contributed by atoms with E-state index in [0.717, 1.165) is 48.0 Å². The number of para-hydroxylation sites is 1. The standard InChI is InChI=1S/C32H37ClN4O5S/c1-19-8-4-2-3-5-10-25(34-21-14-12-20(33)13-15-21)29(39)37-18-22(42-31-35-24-9-6-7-11-27(24)43-31)16-26(37)28(38)36-32(30(40)41)17-23(19)32/h6-7,9,11-15,19,22-23,25-26,34H,2-5,8,10,16-18H2,1H3,(H,36,38)(H,40,41)/t19?,22-,23+,25+,26+,32-/m1/s1. The normalized spacial score (nSPS) is 30.0. The van der Waals surface area contributed by atoms with Crippen molar-refractivity contribution < 1.29 is 24.2 Å². The van der Waals surface area contributed by atoms with Gasteiger partial charge in [-0.25, -0.2) is 9.78 Å². The van der Waals surface area contributed by atoms with Crippen LogP contribution < -0.4 is 15.4 Å². The van der Waals surface area contributed by atoms with E-state index in [1.54, 1.807) is 17.0 Å². The van der Waals surface area contributed by atoms with Gasteiger partial charge in [-0.2, -0.15) is 0 Å². The molecule has 2 amide bonds. The van der Waals surface area contributed by atoms with Crippen LogP contribution in [0.3, 0.4) is 0 Å². The molecule has 1 unspecified atom stereocenters. The molecule has 1 aromatic heterocycles. The van der Waals surface area contributed by atoms with Gasteiger partial charge in [0, 0.05) is 17.1 Å². The second-order valence-corrected chi connectivity index (χ2v) is 13.6. The lowest BCUT2D eigenvalue weighted by atomic mass is 9.94. The zero-order valence-corrected chi connectivity index (χ0v) is 25.7. The van der Waals surface area contributed by atoms with E-state index in [9.17, 15) is 19.5 Å². The molecule has 2 aromatic carbocycles. The molecule has 0 spiro atoms. The number of ether oxygens (including phenoxy) is 1. The molecule has 3 aromatic rings. The van der Waals surface area contributed by atoms with E-state index >= 15 is 0 Å². The van der Waals surface area contributed by atoms with E-state index in [1.807, 2.05) is 36.4 Å². The van der Waals surface area contributed by atoms with Crippen molar-refractivity contribution in [1.82, 2.24) is 15.2 Å². The Labute approximate surface area is 260 Å². The maximum Gasteiger partial charge on any atom is 0.329 e. The fraction of sp³-hybridized carbons (Fsp3) is 0.500. The van der Waals surface area contributed by atoms with Crippen LogP contribution >= 0.6 is 22.9 Å². The van der Waals surface area contributed by atoms with Crippen molar-refractivity contribution in [2.75, 3.05) is 11.9 Å². The monoisotopic (exact) mass is 624 g/mol. The Kier molecular flexibility index (Phi) is 8.51. The number of amides is 2. The largest absolute Gasteiger partial charge is 0.479 e. The van der Waals surface area contributed by atoms with Gasteiger partial charge in [-0.1, -0.05) is 74.1 Å². The molecule has 9 nitrogen and oxygen atoms in total. The second-order valence-electron chi connectivity index (χ2n) is 12.2. The highest BCUT2D eigenvalue weighted by Crippen LogP contribution is 2.50. The molecule has 3 fully saturated rings. The number of benzene rings is 2. The number of carboxylic acid groups (broad SMARTS) is 1. The van der Waals surface area contributed by atoms with Crippen molar-refractivity contribution in [3.63, 3.8) is 0 Å². The van der Waals surface area contributed by atoms with Gasteiger partial charge in [0.25, 0.3) is 5.19 Å². The molecule has 0 bridgehead atoms. The number of hydrogen-bond acceptors (Lipinski definition) is 7. The number of anilines is 1. The van der Waals surface area contributed by atoms with E-state index in [4.69, 9.17) is 16.3 Å². The molecular weight excluding hydrogens is 588 g/mol. The molecule has 2 saturated heterocycles. The molecule has 2 aliphatic heterocycles. The first-order valence-corrected chi connectivity index (χ1v) is 16.3. The van der Waals surface area contributed by atoms with Crippen molar-refractivity contribution >= 4 is 56.6 Å². The van der Waals surface area contributed by atoms with Crippen molar-refractivity contribution in [2.24, 2.45) is 11.8 Å². The summed E-state index contributed by atoms with van der Waals surface area (Å²) in [6.07, 6.45) is 5.52. The summed E-state index contributed by atoms with van der Waals surface area (Å²) in [6.45, 7) is 2.28. The number of aromatic nitrogens is 1. The lowest BCUT2D eigenvalue weighted by Gasteiger charge is -2.30. The van der Waals surface area contributed by atoms with Crippen LogP contribution in [0.5, 0.6) is 5.19 Å². The molecule has 3 heterocycles. The Morgan fingerprint density at radius 3 is 2.60 bits per heavy atom. The molecule has 43 heavy (non-hydrogen) atoms. The van der Waals surface area contributed by atoms with Gasteiger partial charge in [-0.3, -0.25) is 9.59 Å². The molecule has 228 valence electrons. The summed E-state index contributed by atoms with van der Waals surface area (Å²) in [7, 11) is 0. The van der Waals surface area contributed by atoms with Crippen LogP contribution in [0.25, 0.3) is 10.2 Å². The number of carbonyl (C=O) groups excluding carboxylic acids is 2. The molecule has 1 aliphatic carbocycles. The fourth-order valence-corrected chi connectivity index (χ4v) is 7.72. The summed E-state index contributed by atoms with van der Waals surface area (Å²) in [4.78, 5) is 46.8. The summed E-state index contributed by atoms with van der Waals surface area (Å²) in [6, 6.07) is 13.5. The topological polar surface area (TPSA) is 121 Å². The minimum absolute atomic E-state index is 0.126. The summed E-state index contributed by atoms with van der Waals surface area (Å²) in [5, 5.41) is 17.6. The van der Waals surface area contributed by atoms with Crippen molar-refractivity contribution in [3.8, 4) is 5.19 Å². The Morgan fingerprint density at radius 2 is 1.86 bits per heavy atom. The average Bonchev–Trinajstić information content (AvgIpc) is 3.35. The number of carbonyl (C=O) groups is 3. The van der Waals surface area contributed by atoms with E-state index in [-0.39, 0.29) is 30.7 Å². The molecule has 11 heteroatoms. The fourth-order valence-electron chi connectivity index (χ4n) is 6.71. The van der Waals surface area contributed by atoms with Crippen LogP contribution in [-0.4, -0.2) is 63.0 Å². The van der Waals surface area contributed by atoms with E-state index in [1.165, 1.54) is 11.3 Å². The summed E-state index contributed by atoms with van der Waals surface area (Å²) < 4.78 is 7.26. The molecule has 6 atom stereocenters. The van der Waals surface area contributed by atoms with Gasteiger partial charge in [-0.15, -0.1) is 0 Å². The maximum atomic E-state index is 14.3. The van der Waals surface area contributed by atoms with Gasteiger partial charge in [0.05, 0.1) is 16.8 Å². The number of aliphatic carboxylic acids is 1. The highest BCUT2D eigenvalue weighted by Gasteiger charge is 2.64. The predicted octanol–water partition coefficient (Wildman–Crippen LogP) is 5.73. The van der Waals surface area contributed by atoms with Gasteiger partial charge >= 0.3 is 5.97 Å². The Hall–Kier alpha value is -3.37. The van der Waals surface area contributed by atoms with Crippen LogP contribution in [0.2, 0.25) is 5.02 Å². The van der Waals surface area contributed by atoms with Crippen LogP contribution in [0.4, 0.5) is 5.69 Å². The molecule has 3 N–H and O–H groups in total. The molecule has 0 radical (unpaired) electrons. The zero-order chi connectivity index (χ0) is 30.1. The Bertz CT molecular complexity index is 1470. The number of hydrogen-bond donors (Lipinski definition) is 3. The number of rotatable bonds is 5. The van der Waals surface area contributed by atoms with Gasteiger partial charge in [0.15, 0.2) is 0 Å². The second kappa shape index (κ2) is 12.3. The third kappa shape index (κ3) is 6.31. The molecule has 3 aliphatic rings. The summed E-state index contributed by atoms with van der Waals surface area (Å²) in [5.41, 5.74) is 0.300. The average molecular weight is 625 g/mol. The highest BCUT2D eigenvalue weighted by molar-refractivity contribution is 7.20. The van der Waals surface area contributed by atoms with E-state index in [0.29, 0.717) is 23.1 Å². The van der Waals surface area contributed by atoms with Gasteiger partial charge in [-0.05, 0) is 61.1 Å². The first-order chi connectivity index (χ1) is 20.7. The third-order valence-corrected chi connectivity index (χ3v) is 10.4. The smallest absolute Gasteiger partial charge is 0.329 e. The van der Waals surface area contributed by atoms with Crippen LogP contribution in [0, 0.1) is 11.8 Å². The number of thiazole rings is 1. The number of nitrogens with zero attached hydrogens (tertiary/aromatic N) is 2. The lowest BCUT2D eigenvalue weighted by molar-refractivity contribution is -0.145. The number of halogens is 1. The van der Waals surface area contributed by atoms with E-state index < -0.39 is 35.6 Å². The van der Waals surface area contributed by atoms with Gasteiger partial charge in [0.1, 0.15) is 23.7 Å². The number of nitrogens with one attached hydrogen (secondary N) is 2. The number of fused-ring (bicyclic) bond motifs is 3. The highest BCUT2D eigenvalue weighted by atomic mass is 35.5. The van der Waals surface area contributed by atoms with Crippen molar-refractivity contribution in [1.29, 1.82) is 0 Å². The van der Waals surface area contributed by atoms with Crippen molar-refractivity contribution in [3.05, 3.63) is 53.6 Å². The SMILES string of the molecule is CC1CCCCCC[C@H](Nc2ccc(Cl)cc2)C(=O)N2C[C@H](Oc3nc4ccccc4s3)C[C@H]2C(=O)N[C@]2(C(=O)O)C[C@@H]12. The third-order valence-electron chi connectivity index (χ3n) is 9.21. The molecular formula is C32H37ClN4O5S.